The number of aryl methyl sites for hydroxylation is 1. The Kier molecular flexibility index (Phi) is 4.48. The second kappa shape index (κ2) is 6.54. The first-order valence-electron chi connectivity index (χ1n) is 8.11. The van der Waals surface area contributed by atoms with Crippen molar-refractivity contribution in [2.75, 3.05) is 30.4 Å². The second-order valence-electron chi connectivity index (χ2n) is 6.39. The number of nitrogens with zero attached hydrogens (tertiary/aromatic N) is 3. The SMILES string of the molecule is CNc1cc(N2CCC(O)(Cc3cccc(C)c3)CC2)ncn1. The van der Waals surface area contributed by atoms with Crippen LogP contribution in [0.4, 0.5) is 11.6 Å². The van der Waals surface area contributed by atoms with Gasteiger partial charge in [0.15, 0.2) is 0 Å². The van der Waals surface area contributed by atoms with Gasteiger partial charge in [-0.3, -0.25) is 0 Å². The van der Waals surface area contributed by atoms with Crippen LogP contribution in [0.5, 0.6) is 0 Å². The van der Waals surface area contributed by atoms with Crippen LogP contribution in [0.25, 0.3) is 0 Å². The lowest BCUT2D eigenvalue weighted by atomic mass is 9.85. The molecule has 122 valence electrons. The van der Waals surface area contributed by atoms with Crippen molar-refractivity contribution in [3.05, 3.63) is 47.8 Å². The Bertz CT molecular complexity index is 666. The van der Waals surface area contributed by atoms with Crippen molar-refractivity contribution in [2.45, 2.75) is 31.8 Å². The third-order valence-electron chi connectivity index (χ3n) is 4.54. The first-order valence-corrected chi connectivity index (χ1v) is 8.11. The summed E-state index contributed by atoms with van der Waals surface area (Å²) >= 11 is 0. The highest BCUT2D eigenvalue weighted by Crippen LogP contribution is 2.29. The van der Waals surface area contributed by atoms with E-state index in [-0.39, 0.29) is 0 Å². The van der Waals surface area contributed by atoms with Gasteiger partial charge in [0.1, 0.15) is 18.0 Å². The molecule has 1 aromatic carbocycles. The van der Waals surface area contributed by atoms with E-state index in [1.807, 2.05) is 13.1 Å². The Morgan fingerprint density at radius 2 is 2.00 bits per heavy atom. The van der Waals surface area contributed by atoms with Crippen LogP contribution >= 0.6 is 0 Å². The summed E-state index contributed by atoms with van der Waals surface area (Å²) in [6.45, 7) is 3.70. The third kappa shape index (κ3) is 3.79. The average molecular weight is 312 g/mol. The van der Waals surface area contributed by atoms with Gasteiger partial charge in [0.05, 0.1) is 5.60 Å². The van der Waals surface area contributed by atoms with E-state index in [0.29, 0.717) is 6.42 Å². The normalized spacial score (nSPS) is 17.1. The van der Waals surface area contributed by atoms with Crippen molar-refractivity contribution in [2.24, 2.45) is 0 Å². The molecule has 0 amide bonds. The minimum Gasteiger partial charge on any atom is -0.389 e. The Hall–Kier alpha value is -2.14. The standard InChI is InChI=1S/C18H24N4O/c1-14-4-3-5-15(10-14)12-18(23)6-8-22(9-7-18)17-11-16(19-2)20-13-21-17/h3-5,10-11,13,23H,6-9,12H2,1-2H3,(H,19,20,21). The number of aromatic nitrogens is 2. The zero-order valence-electron chi connectivity index (χ0n) is 13.8. The zero-order valence-corrected chi connectivity index (χ0v) is 13.8. The third-order valence-corrected chi connectivity index (χ3v) is 4.54. The fraction of sp³-hybridized carbons (Fsp3) is 0.444. The monoisotopic (exact) mass is 312 g/mol. The summed E-state index contributed by atoms with van der Waals surface area (Å²) in [5.41, 5.74) is 1.83. The molecule has 1 saturated heterocycles. The smallest absolute Gasteiger partial charge is 0.134 e. The van der Waals surface area contributed by atoms with E-state index in [2.05, 4.69) is 51.4 Å². The summed E-state index contributed by atoms with van der Waals surface area (Å²) in [7, 11) is 1.85. The number of hydrogen-bond acceptors (Lipinski definition) is 5. The van der Waals surface area contributed by atoms with Crippen molar-refractivity contribution in [3.8, 4) is 0 Å². The van der Waals surface area contributed by atoms with Gasteiger partial charge >= 0.3 is 0 Å². The van der Waals surface area contributed by atoms with Crippen LogP contribution in [0.1, 0.15) is 24.0 Å². The zero-order chi connectivity index (χ0) is 16.3. The molecule has 0 saturated carbocycles. The van der Waals surface area contributed by atoms with Gasteiger partial charge < -0.3 is 15.3 Å². The molecule has 0 unspecified atom stereocenters. The minimum atomic E-state index is -0.622. The molecule has 3 rings (SSSR count). The first-order chi connectivity index (χ1) is 11.1. The maximum Gasteiger partial charge on any atom is 0.134 e. The summed E-state index contributed by atoms with van der Waals surface area (Å²) in [5, 5.41) is 13.9. The molecular weight excluding hydrogens is 288 g/mol. The highest BCUT2D eigenvalue weighted by molar-refractivity contribution is 5.48. The summed E-state index contributed by atoms with van der Waals surface area (Å²) in [4.78, 5) is 10.7. The van der Waals surface area contributed by atoms with E-state index in [0.717, 1.165) is 37.6 Å². The molecule has 1 aliphatic rings. The Morgan fingerprint density at radius 3 is 2.70 bits per heavy atom. The Morgan fingerprint density at radius 1 is 1.22 bits per heavy atom. The fourth-order valence-corrected chi connectivity index (χ4v) is 3.19. The van der Waals surface area contributed by atoms with Gasteiger partial charge in [0, 0.05) is 32.6 Å². The number of hydrogen-bond donors (Lipinski definition) is 2. The number of nitrogens with one attached hydrogen (secondary N) is 1. The Labute approximate surface area is 137 Å². The van der Waals surface area contributed by atoms with Gasteiger partial charge in [-0.15, -0.1) is 0 Å². The molecule has 0 atom stereocenters. The molecule has 2 aromatic rings. The quantitative estimate of drug-likeness (QED) is 0.908. The molecule has 0 bridgehead atoms. The lowest BCUT2D eigenvalue weighted by Gasteiger charge is -2.39. The molecule has 1 fully saturated rings. The summed E-state index contributed by atoms with van der Waals surface area (Å²) in [6, 6.07) is 10.4. The van der Waals surface area contributed by atoms with Crippen LogP contribution in [0, 0.1) is 6.92 Å². The van der Waals surface area contributed by atoms with Crippen LogP contribution in [0.2, 0.25) is 0 Å². The molecule has 5 heteroatoms. The number of benzene rings is 1. The molecule has 0 radical (unpaired) electrons. The number of anilines is 2. The number of piperidine rings is 1. The summed E-state index contributed by atoms with van der Waals surface area (Å²) < 4.78 is 0. The molecule has 1 aliphatic heterocycles. The van der Waals surface area contributed by atoms with Crippen molar-refractivity contribution in [1.29, 1.82) is 0 Å². The molecule has 23 heavy (non-hydrogen) atoms. The fourth-order valence-electron chi connectivity index (χ4n) is 3.19. The van der Waals surface area contributed by atoms with Crippen LogP contribution in [0.3, 0.4) is 0 Å². The van der Waals surface area contributed by atoms with Gasteiger partial charge in [-0.05, 0) is 25.3 Å². The van der Waals surface area contributed by atoms with E-state index >= 15 is 0 Å². The van der Waals surface area contributed by atoms with Crippen molar-refractivity contribution in [3.63, 3.8) is 0 Å². The number of aliphatic hydroxyl groups is 1. The molecule has 2 heterocycles. The van der Waals surface area contributed by atoms with E-state index in [4.69, 9.17) is 0 Å². The van der Waals surface area contributed by atoms with Crippen LogP contribution < -0.4 is 10.2 Å². The predicted octanol–water partition coefficient (Wildman–Crippen LogP) is 2.40. The van der Waals surface area contributed by atoms with E-state index in [1.54, 1.807) is 6.33 Å². The topological polar surface area (TPSA) is 61.3 Å². The average Bonchev–Trinajstić information content (AvgIpc) is 2.55. The maximum atomic E-state index is 10.9. The highest BCUT2D eigenvalue weighted by atomic mass is 16.3. The molecule has 2 N–H and O–H groups in total. The van der Waals surface area contributed by atoms with Gasteiger partial charge in [-0.1, -0.05) is 29.8 Å². The summed E-state index contributed by atoms with van der Waals surface area (Å²) in [5.74, 6) is 1.73. The van der Waals surface area contributed by atoms with E-state index < -0.39 is 5.60 Å². The van der Waals surface area contributed by atoms with Crippen molar-refractivity contribution >= 4 is 11.6 Å². The molecular formula is C18H24N4O. The van der Waals surface area contributed by atoms with Gasteiger partial charge in [0.2, 0.25) is 0 Å². The van der Waals surface area contributed by atoms with E-state index in [9.17, 15) is 5.11 Å². The van der Waals surface area contributed by atoms with E-state index in [1.165, 1.54) is 11.1 Å². The molecule has 0 aliphatic carbocycles. The van der Waals surface area contributed by atoms with Gasteiger partial charge in [-0.2, -0.15) is 0 Å². The Balaban J connectivity index is 1.65. The highest BCUT2D eigenvalue weighted by Gasteiger charge is 2.32. The van der Waals surface area contributed by atoms with Crippen molar-refractivity contribution < 1.29 is 5.11 Å². The number of rotatable bonds is 4. The minimum absolute atomic E-state index is 0.622. The summed E-state index contributed by atoms with van der Waals surface area (Å²) in [6.07, 6.45) is 3.79. The van der Waals surface area contributed by atoms with Crippen LogP contribution in [0.15, 0.2) is 36.7 Å². The first kappa shape index (κ1) is 15.7. The van der Waals surface area contributed by atoms with Crippen molar-refractivity contribution in [1.82, 2.24) is 9.97 Å². The largest absolute Gasteiger partial charge is 0.389 e. The lowest BCUT2D eigenvalue weighted by molar-refractivity contribution is 0.0164. The van der Waals surface area contributed by atoms with Crippen LogP contribution in [-0.4, -0.2) is 40.8 Å². The lowest BCUT2D eigenvalue weighted by Crippen LogP contribution is -2.46. The molecule has 0 spiro atoms. The second-order valence-corrected chi connectivity index (χ2v) is 6.39. The van der Waals surface area contributed by atoms with Crippen LogP contribution in [-0.2, 0) is 6.42 Å². The maximum absolute atomic E-state index is 10.9. The predicted molar refractivity (Wildman–Crippen MR) is 92.9 cm³/mol. The van der Waals surface area contributed by atoms with Gasteiger partial charge in [-0.25, -0.2) is 9.97 Å². The molecule has 1 aromatic heterocycles. The van der Waals surface area contributed by atoms with Gasteiger partial charge in [0.25, 0.3) is 0 Å². The molecule has 5 nitrogen and oxygen atoms in total.